The SMILES string of the molecule is COc1ncc(C2=NOC3COCC23)cc1C(=O)O. The van der Waals surface area contributed by atoms with E-state index in [1.807, 2.05) is 0 Å². The Hall–Kier alpha value is -2.15. The van der Waals surface area contributed by atoms with Crippen LogP contribution < -0.4 is 4.74 Å². The summed E-state index contributed by atoms with van der Waals surface area (Å²) in [7, 11) is 1.38. The average molecular weight is 264 g/mol. The third-order valence-corrected chi connectivity index (χ3v) is 3.24. The van der Waals surface area contributed by atoms with Crippen molar-refractivity contribution in [2.75, 3.05) is 20.3 Å². The summed E-state index contributed by atoms with van der Waals surface area (Å²) in [5.74, 6) is -0.975. The molecule has 1 aromatic heterocycles. The van der Waals surface area contributed by atoms with E-state index in [4.69, 9.17) is 19.4 Å². The molecule has 0 aliphatic carbocycles. The van der Waals surface area contributed by atoms with Crippen LogP contribution in [0, 0.1) is 5.92 Å². The molecule has 2 aliphatic heterocycles. The van der Waals surface area contributed by atoms with E-state index in [1.54, 1.807) is 0 Å². The first-order chi connectivity index (χ1) is 9.20. The van der Waals surface area contributed by atoms with Gasteiger partial charge in [0.1, 0.15) is 5.56 Å². The Morgan fingerprint density at radius 2 is 2.37 bits per heavy atom. The molecule has 1 saturated heterocycles. The summed E-state index contributed by atoms with van der Waals surface area (Å²) in [5, 5.41) is 13.1. The lowest BCUT2D eigenvalue weighted by Gasteiger charge is -2.09. The van der Waals surface area contributed by atoms with E-state index >= 15 is 0 Å². The molecule has 19 heavy (non-hydrogen) atoms. The summed E-state index contributed by atoms with van der Waals surface area (Å²) >= 11 is 0. The standard InChI is InChI=1S/C12H12N2O5/c1-17-11-7(12(15)16)2-6(3-13-11)10-8-4-18-5-9(8)19-14-10/h2-3,8-9H,4-5H2,1H3,(H,15,16). The van der Waals surface area contributed by atoms with Crippen LogP contribution in [0.15, 0.2) is 17.4 Å². The number of fused-ring (bicyclic) bond motifs is 1. The number of pyridine rings is 1. The Kier molecular flexibility index (Phi) is 2.83. The monoisotopic (exact) mass is 264 g/mol. The summed E-state index contributed by atoms with van der Waals surface area (Å²) < 4.78 is 10.2. The van der Waals surface area contributed by atoms with Gasteiger partial charge in [0.05, 0.1) is 32.0 Å². The Balaban J connectivity index is 1.98. The summed E-state index contributed by atoms with van der Waals surface area (Å²) in [6.07, 6.45) is 1.46. The topological polar surface area (TPSA) is 90.2 Å². The number of carboxylic acids is 1. The lowest BCUT2D eigenvalue weighted by molar-refractivity contribution is 0.0558. The quantitative estimate of drug-likeness (QED) is 0.856. The van der Waals surface area contributed by atoms with Crippen molar-refractivity contribution in [1.29, 1.82) is 0 Å². The highest BCUT2D eigenvalue weighted by atomic mass is 16.7. The maximum Gasteiger partial charge on any atom is 0.341 e. The van der Waals surface area contributed by atoms with Gasteiger partial charge in [-0.15, -0.1) is 0 Å². The highest BCUT2D eigenvalue weighted by Crippen LogP contribution is 2.29. The van der Waals surface area contributed by atoms with Gasteiger partial charge in [-0.2, -0.15) is 0 Å². The molecule has 3 rings (SSSR count). The number of nitrogens with zero attached hydrogens (tertiary/aromatic N) is 2. The molecular formula is C12H12N2O5. The molecule has 1 N–H and O–H groups in total. The Morgan fingerprint density at radius 3 is 3.11 bits per heavy atom. The first-order valence-corrected chi connectivity index (χ1v) is 5.80. The van der Waals surface area contributed by atoms with Gasteiger partial charge >= 0.3 is 5.97 Å². The molecule has 0 bridgehead atoms. The Labute approximate surface area is 108 Å². The first kappa shape index (κ1) is 11.9. The lowest BCUT2D eigenvalue weighted by atomic mass is 9.95. The van der Waals surface area contributed by atoms with Gasteiger partial charge in [0.2, 0.25) is 5.88 Å². The largest absolute Gasteiger partial charge is 0.480 e. The number of hydrogen-bond donors (Lipinski definition) is 1. The third-order valence-electron chi connectivity index (χ3n) is 3.24. The summed E-state index contributed by atoms with van der Waals surface area (Å²) in [6, 6.07) is 1.50. The molecule has 7 nitrogen and oxygen atoms in total. The average Bonchev–Trinajstić information content (AvgIpc) is 3.00. The molecule has 3 heterocycles. The van der Waals surface area contributed by atoms with Crippen molar-refractivity contribution in [3.63, 3.8) is 0 Å². The third kappa shape index (κ3) is 1.91. The van der Waals surface area contributed by atoms with Crippen LogP contribution in [0.2, 0.25) is 0 Å². The number of oxime groups is 1. The number of hydrogen-bond acceptors (Lipinski definition) is 6. The van der Waals surface area contributed by atoms with E-state index in [0.717, 1.165) is 0 Å². The highest BCUT2D eigenvalue weighted by molar-refractivity contribution is 6.04. The van der Waals surface area contributed by atoms with Crippen molar-refractivity contribution >= 4 is 11.7 Å². The van der Waals surface area contributed by atoms with E-state index in [1.165, 1.54) is 19.4 Å². The van der Waals surface area contributed by atoms with E-state index in [-0.39, 0.29) is 23.5 Å². The van der Waals surface area contributed by atoms with Crippen molar-refractivity contribution in [1.82, 2.24) is 4.98 Å². The molecule has 2 unspecified atom stereocenters. The molecule has 0 radical (unpaired) electrons. The van der Waals surface area contributed by atoms with Crippen LogP contribution in [0.3, 0.4) is 0 Å². The van der Waals surface area contributed by atoms with Gasteiger partial charge in [-0.05, 0) is 6.07 Å². The van der Waals surface area contributed by atoms with Gasteiger partial charge in [-0.3, -0.25) is 0 Å². The number of methoxy groups -OCH3 is 1. The van der Waals surface area contributed by atoms with Gasteiger partial charge < -0.3 is 19.4 Å². The zero-order valence-corrected chi connectivity index (χ0v) is 10.2. The number of aromatic nitrogens is 1. The van der Waals surface area contributed by atoms with E-state index in [0.29, 0.717) is 24.5 Å². The second-order valence-corrected chi connectivity index (χ2v) is 4.35. The molecular weight excluding hydrogens is 252 g/mol. The van der Waals surface area contributed by atoms with Crippen LogP contribution in [-0.4, -0.2) is 48.2 Å². The molecule has 1 fully saturated rings. The van der Waals surface area contributed by atoms with E-state index in [9.17, 15) is 4.79 Å². The molecule has 0 saturated carbocycles. The molecule has 2 aliphatic rings. The molecule has 0 aromatic carbocycles. The minimum Gasteiger partial charge on any atom is -0.480 e. The van der Waals surface area contributed by atoms with Crippen LogP contribution in [0.1, 0.15) is 15.9 Å². The molecule has 1 aromatic rings. The second-order valence-electron chi connectivity index (χ2n) is 4.35. The minimum atomic E-state index is -1.09. The van der Waals surface area contributed by atoms with Gasteiger partial charge in [-0.1, -0.05) is 5.16 Å². The van der Waals surface area contributed by atoms with Crippen molar-refractivity contribution in [2.45, 2.75) is 6.10 Å². The van der Waals surface area contributed by atoms with Crippen molar-refractivity contribution in [3.8, 4) is 5.88 Å². The number of aromatic carboxylic acids is 1. The van der Waals surface area contributed by atoms with Gasteiger partial charge in [-0.25, -0.2) is 9.78 Å². The fourth-order valence-electron chi connectivity index (χ4n) is 2.26. The minimum absolute atomic E-state index is 0.00469. The lowest BCUT2D eigenvalue weighted by Crippen LogP contribution is -2.22. The van der Waals surface area contributed by atoms with Crippen molar-refractivity contribution in [3.05, 3.63) is 23.4 Å². The Bertz CT molecular complexity index is 557. The van der Waals surface area contributed by atoms with Crippen LogP contribution in [0.25, 0.3) is 0 Å². The van der Waals surface area contributed by atoms with E-state index < -0.39 is 5.97 Å². The summed E-state index contributed by atoms with van der Waals surface area (Å²) in [5.41, 5.74) is 1.31. The molecule has 0 spiro atoms. The first-order valence-electron chi connectivity index (χ1n) is 5.80. The summed E-state index contributed by atoms with van der Waals surface area (Å²) in [6.45, 7) is 1.03. The maximum atomic E-state index is 11.2. The number of carboxylic acid groups (broad SMARTS) is 1. The number of rotatable bonds is 3. The zero-order chi connectivity index (χ0) is 13.4. The predicted molar refractivity (Wildman–Crippen MR) is 63.5 cm³/mol. The maximum absolute atomic E-state index is 11.2. The highest BCUT2D eigenvalue weighted by Gasteiger charge is 2.40. The summed E-state index contributed by atoms with van der Waals surface area (Å²) in [4.78, 5) is 20.4. The van der Waals surface area contributed by atoms with Crippen molar-refractivity contribution < 1.29 is 24.2 Å². The van der Waals surface area contributed by atoms with Gasteiger partial charge in [0, 0.05) is 11.8 Å². The molecule has 7 heteroatoms. The second kappa shape index (κ2) is 4.51. The number of ether oxygens (including phenoxy) is 2. The van der Waals surface area contributed by atoms with Gasteiger partial charge in [0.25, 0.3) is 0 Å². The fourth-order valence-corrected chi connectivity index (χ4v) is 2.26. The number of carbonyl (C=O) groups is 1. The van der Waals surface area contributed by atoms with Crippen LogP contribution in [-0.2, 0) is 9.57 Å². The smallest absolute Gasteiger partial charge is 0.341 e. The molecule has 100 valence electrons. The van der Waals surface area contributed by atoms with Gasteiger partial charge in [0.15, 0.2) is 6.10 Å². The molecule has 0 amide bonds. The Morgan fingerprint density at radius 1 is 1.53 bits per heavy atom. The fraction of sp³-hybridized carbons (Fsp3) is 0.417. The molecule has 2 atom stereocenters. The van der Waals surface area contributed by atoms with Crippen LogP contribution in [0.4, 0.5) is 0 Å². The van der Waals surface area contributed by atoms with E-state index in [2.05, 4.69) is 10.1 Å². The van der Waals surface area contributed by atoms with Crippen LogP contribution >= 0.6 is 0 Å². The predicted octanol–water partition coefficient (Wildman–Crippen LogP) is 0.538. The normalized spacial score (nSPS) is 24.6. The zero-order valence-electron chi connectivity index (χ0n) is 10.2. The van der Waals surface area contributed by atoms with Crippen LogP contribution in [0.5, 0.6) is 5.88 Å². The van der Waals surface area contributed by atoms with Crippen molar-refractivity contribution in [2.24, 2.45) is 11.1 Å².